The molecule has 0 unspecified atom stereocenters. The Morgan fingerprint density at radius 2 is 1.37 bits per heavy atom. The van der Waals surface area contributed by atoms with E-state index in [1.165, 1.54) is 0 Å². The van der Waals surface area contributed by atoms with Crippen LogP contribution in [0.1, 0.15) is 21.5 Å². The lowest BCUT2D eigenvalue weighted by atomic mass is 10.1. The first-order valence-electron chi connectivity index (χ1n) is 8.67. The Morgan fingerprint density at radius 1 is 0.667 bits per heavy atom. The molecule has 2 nitrogen and oxygen atoms in total. The van der Waals surface area contributed by atoms with Gasteiger partial charge in [0, 0.05) is 5.56 Å². The number of hydrogen-bond acceptors (Lipinski definition) is 2. The summed E-state index contributed by atoms with van der Waals surface area (Å²) in [6.45, 7) is 0. The number of ether oxygens (including phenoxy) is 1. The average Bonchev–Trinajstić information content (AvgIpc) is 2.73. The first-order valence-corrected chi connectivity index (χ1v) is 8.67. The Kier molecular flexibility index (Phi) is 4.68. The van der Waals surface area contributed by atoms with E-state index in [-0.39, 0.29) is 0 Å². The summed E-state index contributed by atoms with van der Waals surface area (Å²) < 4.78 is 5.63. The van der Waals surface area contributed by atoms with Crippen molar-refractivity contribution >= 4 is 16.7 Å². The molecule has 4 aromatic rings. The van der Waals surface area contributed by atoms with Crippen LogP contribution in [0.2, 0.25) is 0 Å². The zero-order valence-corrected chi connectivity index (χ0v) is 14.6. The third kappa shape index (κ3) is 3.89. The van der Waals surface area contributed by atoms with Gasteiger partial charge in [0.25, 0.3) is 0 Å². The molecule has 0 N–H and O–H groups in total. The van der Waals surface area contributed by atoms with Crippen LogP contribution in [0.3, 0.4) is 0 Å². The van der Waals surface area contributed by atoms with E-state index in [1.807, 2.05) is 84.9 Å². The highest BCUT2D eigenvalue weighted by atomic mass is 16.5. The maximum absolute atomic E-state index is 12.6. The van der Waals surface area contributed by atoms with Gasteiger partial charge in [-0.25, -0.2) is 4.79 Å². The lowest BCUT2D eigenvalue weighted by molar-refractivity contribution is 0.0734. The molecule has 0 radical (unpaired) electrons. The molecule has 0 atom stereocenters. The van der Waals surface area contributed by atoms with Gasteiger partial charge in [-0.15, -0.1) is 0 Å². The number of carbonyl (C=O) groups excluding carboxylic acids is 1. The molecular weight excluding hydrogens is 332 g/mol. The summed E-state index contributed by atoms with van der Waals surface area (Å²) >= 11 is 0. The highest BCUT2D eigenvalue weighted by Gasteiger charge is 2.11. The van der Waals surface area contributed by atoms with Crippen molar-refractivity contribution in [3.8, 4) is 17.6 Å². The molecule has 0 fully saturated rings. The summed E-state index contributed by atoms with van der Waals surface area (Å²) in [7, 11) is 0. The SMILES string of the molecule is O=C(Oc1ccccc1C#Cc1ccccc1)c1ccc2ccccc2c1. The van der Waals surface area contributed by atoms with Crippen molar-refractivity contribution in [3.05, 3.63) is 114 Å². The van der Waals surface area contributed by atoms with Crippen LogP contribution in [0.5, 0.6) is 5.75 Å². The van der Waals surface area contributed by atoms with E-state index < -0.39 is 5.97 Å². The van der Waals surface area contributed by atoms with Crippen molar-refractivity contribution in [3.63, 3.8) is 0 Å². The zero-order valence-electron chi connectivity index (χ0n) is 14.6. The van der Waals surface area contributed by atoms with E-state index in [4.69, 9.17) is 4.74 Å². The van der Waals surface area contributed by atoms with Gasteiger partial charge in [0.15, 0.2) is 0 Å². The summed E-state index contributed by atoms with van der Waals surface area (Å²) in [6.07, 6.45) is 0. The molecule has 0 heterocycles. The highest BCUT2D eigenvalue weighted by Crippen LogP contribution is 2.21. The molecule has 27 heavy (non-hydrogen) atoms. The van der Waals surface area contributed by atoms with Crippen molar-refractivity contribution in [1.29, 1.82) is 0 Å². The Labute approximate surface area is 158 Å². The van der Waals surface area contributed by atoms with Gasteiger partial charge in [-0.05, 0) is 47.2 Å². The second-order valence-corrected chi connectivity index (χ2v) is 6.06. The quantitative estimate of drug-likeness (QED) is 0.273. The summed E-state index contributed by atoms with van der Waals surface area (Å²) in [5.41, 5.74) is 2.10. The number of benzene rings is 4. The molecule has 0 saturated carbocycles. The van der Waals surface area contributed by atoms with Gasteiger partial charge in [-0.2, -0.15) is 0 Å². The van der Waals surface area contributed by atoms with Crippen LogP contribution >= 0.6 is 0 Å². The Hall–Kier alpha value is -3.83. The van der Waals surface area contributed by atoms with Gasteiger partial charge < -0.3 is 4.74 Å². The lowest BCUT2D eigenvalue weighted by Gasteiger charge is -2.07. The number of para-hydroxylation sites is 1. The number of carbonyl (C=O) groups is 1. The Balaban J connectivity index is 1.60. The van der Waals surface area contributed by atoms with Crippen LogP contribution in [0, 0.1) is 11.8 Å². The summed E-state index contributed by atoms with van der Waals surface area (Å²) in [6, 6.07) is 30.5. The molecule has 0 saturated heterocycles. The van der Waals surface area contributed by atoms with Gasteiger partial charge in [0.2, 0.25) is 0 Å². The minimum absolute atomic E-state index is 0.394. The summed E-state index contributed by atoms with van der Waals surface area (Å²) in [5, 5.41) is 2.09. The first-order chi connectivity index (χ1) is 13.3. The lowest BCUT2D eigenvalue weighted by Crippen LogP contribution is -2.09. The second-order valence-electron chi connectivity index (χ2n) is 6.06. The molecule has 0 spiro atoms. The van der Waals surface area contributed by atoms with E-state index in [0.717, 1.165) is 16.3 Å². The number of rotatable bonds is 2. The van der Waals surface area contributed by atoms with Gasteiger partial charge in [-0.3, -0.25) is 0 Å². The molecule has 0 aliphatic rings. The minimum atomic E-state index is -0.394. The van der Waals surface area contributed by atoms with Crippen molar-refractivity contribution in [1.82, 2.24) is 0 Å². The number of esters is 1. The Morgan fingerprint density at radius 3 is 2.22 bits per heavy atom. The van der Waals surface area contributed by atoms with Crippen LogP contribution in [-0.2, 0) is 0 Å². The molecule has 4 aromatic carbocycles. The minimum Gasteiger partial charge on any atom is -0.422 e. The molecule has 0 aliphatic carbocycles. The van der Waals surface area contributed by atoms with Crippen LogP contribution in [0.15, 0.2) is 97.1 Å². The van der Waals surface area contributed by atoms with Crippen molar-refractivity contribution in [2.75, 3.05) is 0 Å². The molecule has 128 valence electrons. The van der Waals surface area contributed by atoms with Gasteiger partial charge in [0.1, 0.15) is 5.75 Å². The average molecular weight is 348 g/mol. The monoisotopic (exact) mass is 348 g/mol. The van der Waals surface area contributed by atoms with E-state index in [0.29, 0.717) is 16.9 Å². The van der Waals surface area contributed by atoms with Gasteiger partial charge in [-0.1, -0.05) is 72.5 Å². The molecule has 0 amide bonds. The van der Waals surface area contributed by atoms with Crippen molar-refractivity contribution in [2.45, 2.75) is 0 Å². The van der Waals surface area contributed by atoms with E-state index in [2.05, 4.69) is 11.8 Å². The maximum Gasteiger partial charge on any atom is 0.343 e. The van der Waals surface area contributed by atoms with Crippen LogP contribution in [-0.4, -0.2) is 5.97 Å². The largest absolute Gasteiger partial charge is 0.422 e. The third-order valence-electron chi connectivity index (χ3n) is 4.19. The predicted octanol–water partition coefficient (Wildman–Crippen LogP) is 5.46. The molecule has 0 bridgehead atoms. The van der Waals surface area contributed by atoms with Crippen molar-refractivity contribution in [2.24, 2.45) is 0 Å². The van der Waals surface area contributed by atoms with Crippen LogP contribution in [0.4, 0.5) is 0 Å². The zero-order chi connectivity index (χ0) is 18.5. The fraction of sp³-hybridized carbons (Fsp3) is 0. The fourth-order valence-corrected chi connectivity index (χ4v) is 2.79. The van der Waals surface area contributed by atoms with Gasteiger partial charge in [0.05, 0.1) is 11.1 Å². The number of hydrogen-bond donors (Lipinski definition) is 0. The fourth-order valence-electron chi connectivity index (χ4n) is 2.79. The smallest absolute Gasteiger partial charge is 0.343 e. The van der Waals surface area contributed by atoms with E-state index in [9.17, 15) is 4.79 Å². The van der Waals surface area contributed by atoms with Gasteiger partial charge >= 0.3 is 5.97 Å². The molecule has 4 rings (SSSR count). The first kappa shape index (κ1) is 16.6. The highest BCUT2D eigenvalue weighted by molar-refractivity contribution is 5.96. The topological polar surface area (TPSA) is 26.3 Å². The third-order valence-corrected chi connectivity index (χ3v) is 4.19. The molecular formula is C25H16O2. The van der Waals surface area contributed by atoms with Crippen molar-refractivity contribution < 1.29 is 9.53 Å². The summed E-state index contributed by atoms with van der Waals surface area (Å²) in [5.74, 6) is 6.25. The van der Waals surface area contributed by atoms with E-state index >= 15 is 0 Å². The van der Waals surface area contributed by atoms with Crippen LogP contribution < -0.4 is 4.74 Å². The molecule has 0 aliphatic heterocycles. The number of fused-ring (bicyclic) bond motifs is 1. The normalized spacial score (nSPS) is 10.1. The molecule has 2 heteroatoms. The second kappa shape index (κ2) is 7.59. The van der Waals surface area contributed by atoms with Crippen LogP contribution in [0.25, 0.3) is 10.8 Å². The maximum atomic E-state index is 12.6. The molecule has 0 aromatic heterocycles. The Bertz CT molecular complexity index is 1160. The summed E-state index contributed by atoms with van der Waals surface area (Å²) in [4.78, 5) is 12.6. The standard InChI is InChI=1S/C25H16O2/c26-25(23-17-16-20-10-4-5-12-22(20)18-23)27-24-13-7-6-11-21(24)15-14-19-8-2-1-3-9-19/h1-13,16-18H. The van der Waals surface area contributed by atoms with E-state index in [1.54, 1.807) is 12.1 Å². The predicted molar refractivity (Wildman–Crippen MR) is 108 cm³/mol.